The van der Waals surface area contributed by atoms with Crippen molar-refractivity contribution in [3.63, 3.8) is 0 Å². The molecule has 6 aromatic carbocycles. The Morgan fingerprint density at radius 1 is 0.690 bits per heavy atom. The Morgan fingerprint density at radius 3 is 1.73 bits per heavy atom. The van der Waals surface area contributed by atoms with Gasteiger partial charge in [-0.1, -0.05) is 49.7 Å². The summed E-state index contributed by atoms with van der Waals surface area (Å²) in [5, 5.41) is 23.1. The first-order valence-electron chi connectivity index (χ1n) is 21.3. The molecule has 2 heterocycles. The molecule has 0 aromatic heterocycles. The minimum Gasteiger partial charge on any atom is -0.505 e. The van der Waals surface area contributed by atoms with Crippen LogP contribution in [0.4, 0.5) is 17.1 Å². The van der Waals surface area contributed by atoms with Crippen LogP contribution in [0.3, 0.4) is 0 Å². The maximum Gasteiger partial charge on any atom is 0.294 e. The Labute approximate surface area is 410 Å². The van der Waals surface area contributed by atoms with Crippen LogP contribution in [0.2, 0.25) is 5.02 Å². The van der Waals surface area contributed by atoms with E-state index in [0.717, 1.165) is 28.0 Å². The summed E-state index contributed by atoms with van der Waals surface area (Å²) >= 11 is 6.47. The predicted octanol–water partition coefficient (Wildman–Crippen LogP) is 7.76. The third kappa shape index (κ3) is 8.80. The van der Waals surface area contributed by atoms with Crippen LogP contribution < -0.4 is 19.5 Å². The largest absolute Gasteiger partial charge is 0.505 e. The van der Waals surface area contributed by atoms with Gasteiger partial charge in [-0.3, -0.25) is 38.3 Å². The number of azo groups is 1. The van der Waals surface area contributed by atoms with Crippen molar-refractivity contribution in [2.75, 3.05) is 39.7 Å². The number of amides is 5. The molecule has 0 radical (unpaired) electrons. The Kier molecular flexibility index (Phi) is 13.4. The predicted molar refractivity (Wildman–Crippen MR) is 257 cm³/mol. The van der Waals surface area contributed by atoms with Crippen molar-refractivity contribution in [3.8, 4) is 23.0 Å². The third-order valence-corrected chi connectivity index (χ3v) is 15.2. The minimum atomic E-state index is -5.31. The summed E-state index contributed by atoms with van der Waals surface area (Å²) in [5.74, 6) is -5.20. The fourth-order valence-electron chi connectivity index (χ4n) is 8.43. The molecule has 5 amide bonds. The number of hydrogen-bond acceptors (Lipinski definition) is 15. The molecule has 0 saturated carbocycles. The maximum absolute atomic E-state index is 15.0. The van der Waals surface area contributed by atoms with E-state index in [1.165, 1.54) is 98.4 Å². The summed E-state index contributed by atoms with van der Waals surface area (Å²) in [6.07, 6.45) is 0. The molecule has 6 aromatic rings. The number of ether oxygens (including phenoxy) is 3. The van der Waals surface area contributed by atoms with Gasteiger partial charge in [0.15, 0.2) is 5.75 Å². The number of benzene rings is 6. The Morgan fingerprint density at radius 2 is 1.23 bits per heavy atom. The molecule has 3 N–H and O–H groups in total. The number of nitrogens with zero attached hydrogens (tertiary/aromatic N) is 5. The van der Waals surface area contributed by atoms with E-state index in [4.69, 9.17) is 25.8 Å². The van der Waals surface area contributed by atoms with Crippen LogP contribution in [0.15, 0.2) is 111 Å². The molecule has 2 aliphatic rings. The summed E-state index contributed by atoms with van der Waals surface area (Å²) in [7, 11) is -5.51. The quantitative estimate of drug-likeness (QED) is 0.0475. The summed E-state index contributed by atoms with van der Waals surface area (Å²) in [6.45, 7) is 1.98. The number of methoxy groups -OCH3 is 3. The highest BCUT2D eigenvalue weighted by molar-refractivity contribution is 7.89. The van der Waals surface area contributed by atoms with Crippen molar-refractivity contribution in [1.29, 1.82) is 0 Å². The van der Waals surface area contributed by atoms with Gasteiger partial charge < -0.3 is 24.6 Å². The number of hydrogen-bond donors (Lipinski definition) is 3. The van der Waals surface area contributed by atoms with Crippen molar-refractivity contribution >= 4 is 89.1 Å². The molecule has 0 fully saturated rings. The molecule has 0 aliphatic carbocycles. The number of fused-ring (bicyclic) bond motifs is 3. The number of carbonyl (C=O) groups excluding carboxylic acids is 5. The van der Waals surface area contributed by atoms with Gasteiger partial charge in [-0.25, -0.2) is 8.42 Å². The van der Waals surface area contributed by atoms with E-state index in [-0.39, 0.29) is 90.2 Å². The van der Waals surface area contributed by atoms with Crippen LogP contribution in [0, 0.1) is 0 Å². The lowest BCUT2D eigenvalue weighted by molar-refractivity contribution is 0.0626. The van der Waals surface area contributed by atoms with Gasteiger partial charge in [0, 0.05) is 24.5 Å². The van der Waals surface area contributed by atoms with Gasteiger partial charge >= 0.3 is 0 Å². The average Bonchev–Trinajstić information content (AvgIpc) is 3.73. The molecule has 0 unspecified atom stereocenters. The first-order valence-corrected chi connectivity index (χ1v) is 24.6. The Hall–Kier alpha value is -7.76. The number of rotatable bonds is 16. The van der Waals surface area contributed by atoms with Crippen molar-refractivity contribution in [2.24, 2.45) is 10.2 Å². The summed E-state index contributed by atoms with van der Waals surface area (Å²) in [5.41, 5.74) is -2.26. The molecular weight excluding hydrogens is 984 g/mol. The fraction of sp³-hybridized carbons (Fsp3) is 0.188. The average molecular weight is 1030 g/mol. The van der Waals surface area contributed by atoms with Gasteiger partial charge in [0.05, 0.1) is 82.7 Å². The topological polar surface area (TPSA) is 268 Å². The molecule has 366 valence electrons. The summed E-state index contributed by atoms with van der Waals surface area (Å²) in [6, 6.07) is 20.1. The lowest BCUT2D eigenvalue weighted by Gasteiger charge is -2.23. The number of imide groups is 2. The lowest BCUT2D eigenvalue weighted by Crippen LogP contribution is -2.31. The smallest absolute Gasteiger partial charge is 0.294 e. The van der Waals surface area contributed by atoms with Gasteiger partial charge in [-0.2, -0.15) is 12.7 Å². The van der Waals surface area contributed by atoms with Gasteiger partial charge in [0.1, 0.15) is 28.6 Å². The zero-order chi connectivity index (χ0) is 51.3. The van der Waals surface area contributed by atoms with Crippen molar-refractivity contribution in [1.82, 2.24) is 14.1 Å². The van der Waals surface area contributed by atoms with Crippen molar-refractivity contribution < 1.29 is 64.7 Å². The number of anilines is 1. The lowest BCUT2D eigenvalue weighted by atomic mass is 9.93. The summed E-state index contributed by atoms with van der Waals surface area (Å²) < 4.78 is 82.4. The molecule has 0 saturated heterocycles. The number of phenols is 1. The van der Waals surface area contributed by atoms with Crippen LogP contribution in [-0.4, -0.2) is 105 Å². The van der Waals surface area contributed by atoms with Crippen LogP contribution in [0.25, 0.3) is 10.8 Å². The van der Waals surface area contributed by atoms with E-state index in [2.05, 4.69) is 15.5 Å². The normalized spacial score (nSPS) is 13.7. The highest BCUT2D eigenvalue weighted by atomic mass is 35.5. The zero-order valence-electron chi connectivity index (χ0n) is 38.2. The van der Waals surface area contributed by atoms with Gasteiger partial charge in [0.25, 0.3) is 39.7 Å². The minimum absolute atomic E-state index is 0.0124. The van der Waals surface area contributed by atoms with Gasteiger partial charge in [-0.15, -0.1) is 10.2 Å². The molecule has 0 atom stereocenters. The number of carbonyl (C=O) groups is 5. The van der Waals surface area contributed by atoms with Crippen molar-refractivity contribution in [2.45, 2.75) is 36.7 Å². The highest BCUT2D eigenvalue weighted by Gasteiger charge is 2.40. The third-order valence-electron chi connectivity index (χ3n) is 11.9. The molecule has 0 bridgehead atoms. The zero-order valence-corrected chi connectivity index (χ0v) is 40.6. The van der Waals surface area contributed by atoms with E-state index < -0.39 is 90.2 Å². The molecule has 0 spiro atoms. The van der Waals surface area contributed by atoms with Crippen LogP contribution >= 0.6 is 11.6 Å². The van der Waals surface area contributed by atoms with E-state index in [1.807, 2.05) is 0 Å². The first-order chi connectivity index (χ1) is 33.8. The van der Waals surface area contributed by atoms with E-state index in [1.54, 1.807) is 13.8 Å². The number of nitrogens with one attached hydrogen (secondary N) is 1. The molecule has 23 heteroatoms. The molecule has 8 rings (SSSR count). The fourth-order valence-corrected chi connectivity index (χ4v) is 10.9. The second kappa shape index (κ2) is 19.2. The Balaban J connectivity index is 1.43. The Bertz CT molecular complexity index is 3480. The molecular formula is C48H41ClN6O14S2. The molecule has 20 nitrogen and oxygen atoms in total. The number of phenolic OH excluding ortho intramolecular Hbond substituents is 1. The standard InChI is InChI=1S/C48H41ClN6O14S2/c1-6-53(7-2)70(62,63)26-16-17-37(67-3)36(19-26)51-52-42-32-20-40(71(64,65)66)25(23-54-45(58)27-12-8-9-13-28(27)46(54)59)18-31(32)33(24-55-47(60)29-14-10-11-15-30(29)48(55)61)41(43(42)56)44(57)50-35-21-34(49)38(68-4)22-39(35)69-5/h8-22,56H,6-7,23-24H2,1-5H3,(H,50,57)(H,64,65,66). The first kappa shape index (κ1) is 49.7. The van der Waals surface area contributed by atoms with Crippen molar-refractivity contribution in [3.05, 3.63) is 135 Å². The second-order valence-electron chi connectivity index (χ2n) is 15.8. The van der Waals surface area contributed by atoms with Gasteiger partial charge in [-0.05, 0) is 77.2 Å². The molecule has 71 heavy (non-hydrogen) atoms. The van der Waals surface area contributed by atoms with Crippen LogP contribution in [-0.2, 0) is 33.2 Å². The second-order valence-corrected chi connectivity index (χ2v) is 19.5. The summed E-state index contributed by atoms with van der Waals surface area (Å²) in [4.78, 5) is 70.9. The van der Waals surface area contributed by atoms with E-state index in [0.29, 0.717) is 0 Å². The molecule has 2 aliphatic heterocycles. The number of aromatic hydroxyl groups is 1. The highest BCUT2D eigenvalue weighted by Crippen LogP contribution is 2.47. The van der Waals surface area contributed by atoms with E-state index in [9.17, 15) is 45.7 Å². The number of halogens is 1. The van der Waals surface area contributed by atoms with E-state index >= 15 is 4.79 Å². The monoisotopic (exact) mass is 1020 g/mol. The van der Waals surface area contributed by atoms with Gasteiger partial charge in [0.2, 0.25) is 10.0 Å². The van der Waals surface area contributed by atoms with Crippen LogP contribution in [0.1, 0.15) is 76.8 Å². The number of sulfonamides is 1. The SMILES string of the molecule is CCN(CC)S(=O)(=O)c1ccc(OC)c(N=Nc2c(O)c(C(=O)Nc3cc(Cl)c(OC)cc3OC)c(CN3C(=O)c4ccccc4C3=O)c3cc(CN4C(=O)c5ccccc5C4=O)c(S(=O)(=O)O)cc23)c1. The van der Waals surface area contributed by atoms with Crippen LogP contribution in [0.5, 0.6) is 23.0 Å². The maximum atomic E-state index is 15.0.